The maximum Gasteiger partial charge on any atom is 0.255 e. The topological polar surface area (TPSA) is 86.8 Å². The van der Waals surface area contributed by atoms with E-state index in [2.05, 4.69) is 5.32 Å². The normalized spacial score (nSPS) is 15.4. The molecule has 0 spiro atoms. The summed E-state index contributed by atoms with van der Waals surface area (Å²) < 4.78 is 27.1. The number of anilines is 1. The lowest BCUT2D eigenvalue weighted by atomic mass is 10.2. The predicted octanol–water partition coefficient (Wildman–Crippen LogP) is 1.79. The molecule has 2 aromatic rings. The van der Waals surface area contributed by atoms with Crippen molar-refractivity contribution in [3.05, 3.63) is 60.2 Å². The molecular weight excluding hydrogens is 366 g/mol. The van der Waals surface area contributed by atoms with Crippen molar-refractivity contribution in [3.63, 3.8) is 0 Å². The Morgan fingerprint density at radius 2 is 1.59 bits per heavy atom. The van der Waals surface area contributed by atoms with Crippen LogP contribution in [0.3, 0.4) is 0 Å². The lowest BCUT2D eigenvalue weighted by Gasteiger charge is -2.33. The molecule has 0 bridgehead atoms. The summed E-state index contributed by atoms with van der Waals surface area (Å²) in [7, 11) is -3.72. The van der Waals surface area contributed by atoms with Crippen LogP contribution in [0.15, 0.2) is 59.5 Å². The zero-order chi connectivity index (χ0) is 19.4. The summed E-state index contributed by atoms with van der Waals surface area (Å²) >= 11 is 0. The highest BCUT2D eigenvalue weighted by Crippen LogP contribution is 2.20. The minimum atomic E-state index is -3.72. The molecule has 0 saturated carbocycles. The zero-order valence-corrected chi connectivity index (χ0v) is 15.8. The van der Waals surface area contributed by atoms with Gasteiger partial charge in [0, 0.05) is 44.4 Å². The first-order valence-electron chi connectivity index (χ1n) is 8.60. The summed E-state index contributed by atoms with van der Waals surface area (Å²) in [5, 5.41) is 2.74. The molecule has 1 saturated heterocycles. The van der Waals surface area contributed by atoms with Crippen LogP contribution in [0, 0.1) is 0 Å². The van der Waals surface area contributed by atoms with E-state index in [-0.39, 0.29) is 35.4 Å². The van der Waals surface area contributed by atoms with Crippen molar-refractivity contribution in [1.29, 1.82) is 0 Å². The van der Waals surface area contributed by atoms with Crippen LogP contribution in [0.25, 0.3) is 0 Å². The molecule has 2 amide bonds. The number of nitrogens with one attached hydrogen (secondary N) is 1. The minimum Gasteiger partial charge on any atom is -0.340 e. The number of nitrogens with zero attached hydrogens (tertiary/aromatic N) is 2. The van der Waals surface area contributed by atoms with Gasteiger partial charge in [-0.15, -0.1) is 0 Å². The van der Waals surface area contributed by atoms with Crippen LogP contribution in [0.2, 0.25) is 0 Å². The quantitative estimate of drug-likeness (QED) is 0.867. The van der Waals surface area contributed by atoms with Gasteiger partial charge in [0.2, 0.25) is 15.9 Å². The second-order valence-corrected chi connectivity index (χ2v) is 8.20. The van der Waals surface area contributed by atoms with Crippen molar-refractivity contribution in [2.45, 2.75) is 11.8 Å². The summed E-state index contributed by atoms with van der Waals surface area (Å²) in [6, 6.07) is 14.9. The van der Waals surface area contributed by atoms with Crippen molar-refractivity contribution in [1.82, 2.24) is 9.21 Å². The highest BCUT2D eigenvalue weighted by molar-refractivity contribution is 7.89. The van der Waals surface area contributed by atoms with E-state index in [1.807, 2.05) is 6.07 Å². The number of hydrogen-bond acceptors (Lipinski definition) is 4. The third-order valence-electron chi connectivity index (χ3n) is 4.45. The van der Waals surface area contributed by atoms with Gasteiger partial charge >= 0.3 is 0 Å². The molecule has 0 radical (unpaired) electrons. The maximum absolute atomic E-state index is 12.9. The van der Waals surface area contributed by atoms with Crippen LogP contribution in [0.5, 0.6) is 0 Å². The first-order valence-corrected chi connectivity index (χ1v) is 10.0. The summed E-state index contributed by atoms with van der Waals surface area (Å²) in [5.74, 6) is -0.439. The Labute approximate surface area is 158 Å². The zero-order valence-electron chi connectivity index (χ0n) is 15.0. The van der Waals surface area contributed by atoms with Crippen LogP contribution in [-0.2, 0) is 14.8 Å². The molecule has 8 heteroatoms. The highest BCUT2D eigenvalue weighted by atomic mass is 32.2. The van der Waals surface area contributed by atoms with E-state index in [0.717, 1.165) is 0 Å². The Morgan fingerprint density at radius 3 is 2.22 bits per heavy atom. The first-order chi connectivity index (χ1) is 12.9. The van der Waals surface area contributed by atoms with Crippen molar-refractivity contribution in [2.24, 2.45) is 0 Å². The third-order valence-corrected chi connectivity index (χ3v) is 6.34. The van der Waals surface area contributed by atoms with Gasteiger partial charge in [-0.1, -0.05) is 24.3 Å². The molecule has 1 N–H and O–H groups in total. The lowest BCUT2D eigenvalue weighted by Crippen LogP contribution is -2.49. The Morgan fingerprint density at radius 1 is 0.926 bits per heavy atom. The molecule has 0 aliphatic carbocycles. The SMILES string of the molecule is CC(=O)N1CCN(S(=O)(=O)c2cccc(C(=O)Nc3ccccc3)c2)CC1. The average Bonchev–Trinajstić information content (AvgIpc) is 2.69. The summed E-state index contributed by atoms with van der Waals surface area (Å²) in [6.45, 7) is 2.68. The first kappa shape index (κ1) is 19.1. The van der Waals surface area contributed by atoms with E-state index in [1.165, 1.54) is 23.4 Å². The van der Waals surface area contributed by atoms with E-state index in [9.17, 15) is 18.0 Å². The maximum atomic E-state index is 12.9. The second kappa shape index (κ2) is 7.89. The van der Waals surface area contributed by atoms with E-state index < -0.39 is 10.0 Å². The number of sulfonamides is 1. The van der Waals surface area contributed by atoms with E-state index in [0.29, 0.717) is 18.8 Å². The van der Waals surface area contributed by atoms with Crippen LogP contribution in [-0.4, -0.2) is 55.6 Å². The van der Waals surface area contributed by atoms with E-state index in [4.69, 9.17) is 0 Å². The fourth-order valence-corrected chi connectivity index (χ4v) is 4.38. The average molecular weight is 387 g/mol. The number of benzene rings is 2. The molecule has 0 aromatic heterocycles. The fourth-order valence-electron chi connectivity index (χ4n) is 2.91. The molecule has 1 aliphatic rings. The van der Waals surface area contributed by atoms with Gasteiger partial charge in [-0.05, 0) is 30.3 Å². The van der Waals surface area contributed by atoms with Gasteiger partial charge in [0.1, 0.15) is 0 Å². The molecule has 1 fully saturated rings. The summed E-state index contributed by atoms with van der Waals surface area (Å²) in [4.78, 5) is 25.5. The van der Waals surface area contributed by atoms with Crippen LogP contribution >= 0.6 is 0 Å². The molecule has 2 aromatic carbocycles. The smallest absolute Gasteiger partial charge is 0.255 e. The Kier molecular flexibility index (Phi) is 5.57. The molecule has 1 aliphatic heterocycles. The van der Waals surface area contributed by atoms with E-state index >= 15 is 0 Å². The lowest BCUT2D eigenvalue weighted by molar-refractivity contribution is -0.129. The summed E-state index contributed by atoms with van der Waals surface area (Å²) in [6.07, 6.45) is 0. The Balaban J connectivity index is 1.76. The van der Waals surface area contributed by atoms with Gasteiger partial charge in [-0.3, -0.25) is 9.59 Å². The summed E-state index contributed by atoms with van der Waals surface area (Å²) in [5.41, 5.74) is 0.901. The fraction of sp³-hybridized carbons (Fsp3) is 0.263. The van der Waals surface area contributed by atoms with Crippen LogP contribution < -0.4 is 5.32 Å². The number of hydrogen-bond donors (Lipinski definition) is 1. The van der Waals surface area contributed by atoms with Crippen molar-refractivity contribution in [3.8, 4) is 0 Å². The molecule has 27 heavy (non-hydrogen) atoms. The molecule has 142 valence electrons. The van der Waals surface area contributed by atoms with Crippen LogP contribution in [0.4, 0.5) is 5.69 Å². The van der Waals surface area contributed by atoms with E-state index in [1.54, 1.807) is 41.3 Å². The molecule has 7 nitrogen and oxygen atoms in total. The van der Waals surface area contributed by atoms with Gasteiger partial charge in [-0.2, -0.15) is 4.31 Å². The Bertz CT molecular complexity index is 936. The van der Waals surface area contributed by atoms with Gasteiger partial charge in [-0.25, -0.2) is 8.42 Å². The number of para-hydroxylation sites is 1. The van der Waals surface area contributed by atoms with Gasteiger partial charge < -0.3 is 10.2 Å². The third kappa shape index (κ3) is 4.35. The second-order valence-electron chi connectivity index (χ2n) is 6.26. The van der Waals surface area contributed by atoms with Crippen LogP contribution in [0.1, 0.15) is 17.3 Å². The molecular formula is C19H21N3O4S. The largest absolute Gasteiger partial charge is 0.340 e. The number of rotatable bonds is 4. The van der Waals surface area contributed by atoms with Gasteiger partial charge in [0.15, 0.2) is 0 Å². The number of carbonyl (C=O) groups excluding carboxylic acids is 2. The van der Waals surface area contributed by atoms with Crippen molar-refractivity contribution >= 4 is 27.5 Å². The van der Waals surface area contributed by atoms with Gasteiger partial charge in [0.25, 0.3) is 5.91 Å². The molecule has 0 atom stereocenters. The highest BCUT2D eigenvalue weighted by Gasteiger charge is 2.29. The number of piperazine rings is 1. The van der Waals surface area contributed by atoms with Crippen molar-refractivity contribution in [2.75, 3.05) is 31.5 Å². The van der Waals surface area contributed by atoms with Crippen molar-refractivity contribution < 1.29 is 18.0 Å². The van der Waals surface area contributed by atoms with Gasteiger partial charge in [0.05, 0.1) is 4.90 Å². The molecule has 1 heterocycles. The standard InChI is InChI=1S/C19H21N3O4S/c1-15(23)21-10-12-22(13-11-21)27(25,26)18-9-5-6-16(14-18)19(24)20-17-7-3-2-4-8-17/h2-9,14H,10-13H2,1H3,(H,20,24). The molecule has 0 unspecified atom stereocenters. The number of carbonyl (C=O) groups is 2. The molecule has 3 rings (SSSR count). The minimum absolute atomic E-state index is 0.0633. The number of amides is 2. The Hall–Kier alpha value is -2.71. The predicted molar refractivity (Wildman–Crippen MR) is 102 cm³/mol. The monoisotopic (exact) mass is 387 g/mol.